The molecule has 3 heterocycles. The smallest absolute Gasteiger partial charge is 0.259 e. The van der Waals surface area contributed by atoms with Crippen LogP contribution in [0.2, 0.25) is 0 Å². The van der Waals surface area contributed by atoms with Gasteiger partial charge in [0.2, 0.25) is 0 Å². The molecule has 4 rings (SSSR count). The van der Waals surface area contributed by atoms with Gasteiger partial charge >= 0.3 is 0 Å². The van der Waals surface area contributed by atoms with Gasteiger partial charge in [-0.2, -0.15) is 0 Å². The first-order chi connectivity index (χ1) is 13.6. The Balaban J connectivity index is 1.36. The van der Waals surface area contributed by atoms with Crippen LogP contribution < -0.4 is 10.2 Å². The number of carbonyl (C=O) groups excluding carboxylic acids is 1. The van der Waals surface area contributed by atoms with Gasteiger partial charge in [0.15, 0.2) is 0 Å². The lowest BCUT2D eigenvalue weighted by atomic mass is 10.1. The predicted molar refractivity (Wildman–Crippen MR) is 114 cm³/mol. The highest BCUT2D eigenvalue weighted by Crippen LogP contribution is 2.28. The molecule has 2 aliphatic heterocycles. The number of benzene rings is 1. The summed E-state index contributed by atoms with van der Waals surface area (Å²) in [5.74, 6) is 1.57. The molecule has 28 heavy (non-hydrogen) atoms. The summed E-state index contributed by atoms with van der Waals surface area (Å²) in [6, 6.07) is 12.5. The highest BCUT2D eigenvalue weighted by atomic mass is 16.2. The topological polar surface area (TPSA) is 48.5 Å². The van der Waals surface area contributed by atoms with Crippen molar-refractivity contribution in [2.75, 3.05) is 36.4 Å². The Hall–Kier alpha value is -2.40. The van der Waals surface area contributed by atoms with Crippen molar-refractivity contribution >= 4 is 17.4 Å². The number of hydrogen-bond donors (Lipinski definition) is 1. The first kappa shape index (κ1) is 18.9. The van der Waals surface area contributed by atoms with Gasteiger partial charge in [-0.25, -0.2) is 4.98 Å². The molecular formula is C23H30N4O. The van der Waals surface area contributed by atoms with Crippen LogP contribution in [0.3, 0.4) is 0 Å². The maximum atomic E-state index is 12.9. The average molecular weight is 379 g/mol. The van der Waals surface area contributed by atoms with E-state index in [0.29, 0.717) is 17.5 Å². The molecule has 2 aromatic rings. The monoisotopic (exact) mass is 378 g/mol. The first-order valence-corrected chi connectivity index (χ1v) is 10.5. The minimum Gasteiger partial charge on any atom is -0.369 e. The third-order valence-corrected chi connectivity index (χ3v) is 5.76. The van der Waals surface area contributed by atoms with E-state index < -0.39 is 0 Å². The van der Waals surface area contributed by atoms with Crippen LogP contribution in [0.4, 0.5) is 11.5 Å². The number of nitrogens with one attached hydrogen (secondary N) is 1. The fraction of sp³-hybridized carbons (Fsp3) is 0.478. The van der Waals surface area contributed by atoms with Crippen molar-refractivity contribution in [2.24, 2.45) is 5.92 Å². The summed E-state index contributed by atoms with van der Waals surface area (Å²) in [4.78, 5) is 21.8. The molecule has 1 aromatic heterocycles. The lowest BCUT2D eigenvalue weighted by molar-refractivity contribution is 0.0989. The predicted octanol–water partition coefficient (Wildman–Crippen LogP) is 3.82. The number of anilines is 2. The summed E-state index contributed by atoms with van der Waals surface area (Å²) in [6.45, 7) is 8.56. The molecule has 1 N–H and O–H groups in total. The van der Waals surface area contributed by atoms with Crippen LogP contribution in [0.5, 0.6) is 0 Å². The number of nitrogens with zero attached hydrogens (tertiary/aromatic N) is 3. The molecule has 0 radical (unpaired) electrons. The number of hydrogen-bond acceptors (Lipinski definition) is 4. The number of fused-ring (bicyclic) bond motifs is 1. The fourth-order valence-corrected chi connectivity index (χ4v) is 4.39. The van der Waals surface area contributed by atoms with Gasteiger partial charge in [0.25, 0.3) is 5.91 Å². The molecule has 2 aliphatic rings. The molecule has 0 unspecified atom stereocenters. The molecule has 0 bridgehead atoms. The van der Waals surface area contributed by atoms with Gasteiger partial charge in [-0.05, 0) is 55.5 Å². The van der Waals surface area contributed by atoms with Crippen LogP contribution in [-0.4, -0.2) is 48.0 Å². The highest BCUT2D eigenvalue weighted by Gasteiger charge is 2.26. The maximum Gasteiger partial charge on any atom is 0.259 e. The molecule has 148 valence electrons. The van der Waals surface area contributed by atoms with Crippen LogP contribution >= 0.6 is 0 Å². The maximum absolute atomic E-state index is 12.9. The molecule has 1 saturated heterocycles. The molecule has 1 aromatic carbocycles. The molecule has 5 nitrogen and oxygen atoms in total. The van der Waals surface area contributed by atoms with Crippen molar-refractivity contribution < 1.29 is 4.79 Å². The van der Waals surface area contributed by atoms with Gasteiger partial charge in [-0.1, -0.05) is 32.0 Å². The van der Waals surface area contributed by atoms with Crippen LogP contribution in [0.15, 0.2) is 42.6 Å². The van der Waals surface area contributed by atoms with E-state index in [1.54, 1.807) is 6.20 Å². The Morgan fingerprint density at radius 1 is 1.21 bits per heavy atom. The normalized spacial score (nSPS) is 19.2. The van der Waals surface area contributed by atoms with E-state index in [1.165, 1.54) is 24.9 Å². The molecule has 5 heteroatoms. The molecule has 0 saturated carbocycles. The fourth-order valence-electron chi connectivity index (χ4n) is 4.39. The number of rotatable bonds is 6. The Labute approximate surface area is 167 Å². The van der Waals surface area contributed by atoms with Crippen LogP contribution in [0.1, 0.15) is 42.6 Å². The number of pyridine rings is 1. The zero-order chi connectivity index (χ0) is 19.5. The van der Waals surface area contributed by atoms with Crippen molar-refractivity contribution in [3.05, 3.63) is 53.7 Å². The van der Waals surface area contributed by atoms with Crippen molar-refractivity contribution in [3.8, 4) is 0 Å². The minimum atomic E-state index is 0.0305. The summed E-state index contributed by atoms with van der Waals surface area (Å²) >= 11 is 0. The van der Waals surface area contributed by atoms with E-state index in [-0.39, 0.29) is 5.91 Å². The van der Waals surface area contributed by atoms with Crippen molar-refractivity contribution in [1.82, 2.24) is 9.88 Å². The number of aromatic nitrogens is 1. The van der Waals surface area contributed by atoms with Crippen LogP contribution in [0.25, 0.3) is 0 Å². The number of para-hydroxylation sites is 1. The Morgan fingerprint density at radius 2 is 2.07 bits per heavy atom. The van der Waals surface area contributed by atoms with E-state index in [4.69, 9.17) is 0 Å². The zero-order valence-electron chi connectivity index (χ0n) is 16.9. The largest absolute Gasteiger partial charge is 0.369 e. The SMILES string of the molecule is CC(C)CN1CCC[C@@H]1CNc1ccc(C(=O)N2CCc3ccccc32)cn1. The molecule has 0 aliphatic carbocycles. The van der Waals surface area contributed by atoms with Gasteiger partial charge < -0.3 is 10.2 Å². The molecule has 1 fully saturated rings. The lowest BCUT2D eigenvalue weighted by Crippen LogP contribution is -2.37. The highest BCUT2D eigenvalue weighted by molar-refractivity contribution is 6.07. The van der Waals surface area contributed by atoms with Gasteiger partial charge in [0.1, 0.15) is 5.82 Å². The van der Waals surface area contributed by atoms with E-state index in [2.05, 4.69) is 35.1 Å². The van der Waals surface area contributed by atoms with Crippen molar-refractivity contribution in [2.45, 2.75) is 39.2 Å². The molecule has 1 amide bonds. The second-order valence-electron chi connectivity index (χ2n) is 8.33. The molecular weight excluding hydrogens is 348 g/mol. The van der Waals surface area contributed by atoms with E-state index in [0.717, 1.165) is 37.6 Å². The van der Waals surface area contributed by atoms with Crippen LogP contribution in [0, 0.1) is 5.92 Å². The lowest BCUT2D eigenvalue weighted by Gasteiger charge is -2.26. The quantitative estimate of drug-likeness (QED) is 0.830. The van der Waals surface area contributed by atoms with Crippen LogP contribution in [-0.2, 0) is 6.42 Å². The summed E-state index contributed by atoms with van der Waals surface area (Å²) in [7, 11) is 0. The average Bonchev–Trinajstić information content (AvgIpc) is 3.32. The van der Waals surface area contributed by atoms with E-state index >= 15 is 0 Å². The van der Waals surface area contributed by atoms with Crippen molar-refractivity contribution in [3.63, 3.8) is 0 Å². The van der Waals surface area contributed by atoms with Crippen molar-refractivity contribution in [1.29, 1.82) is 0 Å². The third kappa shape index (κ3) is 4.04. The molecule has 1 atom stereocenters. The van der Waals surface area contributed by atoms with E-state index in [1.807, 2.05) is 35.2 Å². The number of amides is 1. The summed E-state index contributed by atoms with van der Waals surface area (Å²) < 4.78 is 0. The van der Waals surface area contributed by atoms with E-state index in [9.17, 15) is 4.79 Å². The second-order valence-corrected chi connectivity index (χ2v) is 8.33. The first-order valence-electron chi connectivity index (χ1n) is 10.5. The van der Waals surface area contributed by atoms with Gasteiger partial charge in [-0.3, -0.25) is 9.69 Å². The Kier molecular flexibility index (Phi) is 5.62. The van der Waals surface area contributed by atoms with Gasteiger partial charge in [-0.15, -0.1) is 0 Å². The number of carbonyl (C=O) groups is 1. The Morgan fingerprint density at radius 3 is 2.86 bits per heavy atom. The second kappa shape index (κ2) is 8.31. The zero-order valence-corrected chi connectivity index (χ0v) is 16.9. The molecule has 0 spiro atoms. The van der Waals surface area contributed by atoms with Gasteiger partial charge in [0, 0.05) is 37.6 Å². The summed E-state index contributed by atoms with van der Waals surface area (Å²) in [6.07, 6.45) is 5.14. The summed E-state index contributed by atoms with van der Waals surface area (Å²) in [5.41, 5.74) is 2.91. The number of likely N-dealkylation sites (tertiary alicyclic amines) is 1. The minimum absolute atomic E-state index is 0.0305. The standard InChI is InChI=1S/C23H30N4O/c1-17(2)16-26-12-5-7-20(26)15-25-22-10-9-19(14-24-22)23(28)27-13-11-18-6-3-4-8-21(18)27/h3-4,6,8-10,14,17,20H,5,7,11-13,15-16H2,1-2H3,(H,24,25)/t20-/m1/s1. The third-order valence-electron chi connectivity index (χ3n) is 5.76. The van der Waals surface area contributed by atoms with Gasteiger partial charge in [0.05, 0.1) is 5.56 Å². The Bertz CT molecular complexity index is 818. The summed E-state index contributed by atoms with van der Waals surface area (Å²) in [5, 5.41) is 3.46.